The van der Waals surface area contributed by atoms with Crippen molar-refractivity contribution in [2.24, 2.45) is 0 Å². The zero-order valence-corrected chi connectivity index (χ0v) is 13.2. The first-order chi connectivity index (χ1) is 9.40. The molecular weight excluding hydrogens is 272 g/mol. The summed E-state index contributed by atoms with van der Waals surface area (Å²) in [6.45, 7) is 8.03. The number of ether oxygens (including phenoxy) is 1. The maximum absolute atomic E-state index is 11.7. The molecule has 0 aliphatic carbocycles. The van der Waals surface area contributed by atoms with E-state index in [-0.39, 0.29) is 18.6 Å². The molecule has 20 heavy (non-hydrogen) atoms. The van der Waals surface area contributed by atoms with Gasteiger partial charge in [-0.15, -0.1) is 0 Å². The zero-order chi connectivity index (χ0) is 15.1. The summed E-state index contributed by atoms with van der Waals surface area (Å²) in [4.78, 5) is 11.7. The normalized spacial score (nSPS) is 10.5. The number of hydrogen-bond acceptors (Lipinski definition) is 3. The van der Waals surface area contributed by atoms with E-state index in [9.17, 15) is 4.79 Å². The second-order valence-corrected chi connectivity index (χ2v) is 5.57. The van der Waals surface area contributed by atoms with Gasteiger partial charge in [0.25, 0.3) is 5.91 Å². The molecule has 0 atom stereocenters. The lowest BCUT2D eigenvalue weighted by atomic mass is 10.0. The third kappa shape index (κ3) is 5.57. The molecule has 0 fully saturated rings. The lowest BCUT2D eigenvalue weighted by Crippen LogP contribution is -2.44. The van der Waals surface area contributed by atoms with Crippen LogP contribution in [0.2, 0.25) is 0 Å². The predicted octanol–water partition coefficient (Wildman–Crippen LogP) is 2.59. The summed E-state index contributed by atoms with van der Waals surface area (Å²) in [6, 6.07) is 7.91. The molecule has 1 aromatic rings. The number of nitrogens with one attached hydrogen (secondary N) is 2. The number of thiocarbonyl (C=S) groups is 1. The summed E-state index contributed by atoms with van der Waals surface area (Å²) >= 11 is 5.01. The van der Waals surface area contributed by atoms with Gasteiger partial charge in [0, 0.05) is 6.04 Å². The summed E-state index contributed by atoms with van der Waals surface area (Å²) in [6.07, 6.45) is 0. The molecular formula is C15H22N2O2S. The van der Waals surface area contributed by atoms with Crippen molar-refractivity contribution in [1.29, 1.82) is 0 Å². The average Bonchev–Trinajstić information content (AvgIpc) is 2.35. The van der Waals surface area contributed by atoms with Gasteiger partial charge in [-0.25, -0.2) is 0 Å². The Kier molecular flexibility index (Phi) is 6.45. The summed E-state index contributed by atoms with van der Waals surface area (Å²) in [7, 11) is 0. The van der Waals surface area contributed by atoms with Crippen molar-refractivity contribution in [3.05, 3.63) is 29.8 Å². The topological polar surface area (TPSA) is 50.4 Å². The van der Waals surface area contributed by atoms with Crippen molar-refractivity contribution in [3.63, 3.8) is 0 Å². The van der Waals surface area contributed by atoms with Crippen LogP contribution >= 0.6 is 12.2 Å². The van der Waals surface area contributed by atoms with Crippen LogP contribution in [0.15, 0.2) is 24.3 Å². The van der Waals surface area contributed by atoms with Crippen molar-refractivity contribution in [2.45, 2.75) is 39.7 Å². The lowest BCUT2D eigenvalue weighted by Gasteiger charge is -2.15. The highest BCUT2D eigenvalue weighted by Crippen LogP contribution is 2.25. The molecule has 0 heterocycles. The van der Waals surface area contributed by atoms with Crippen LogP contribution in [-0.2, 0) is 4.79 Å². The quantitative estimate of drug-likeness (QED) is 0.820. The van der Waals surface area contributed by atoms with Crippen molar-refractivity contribution >= 4 is 23.2 Å². The van der Waals surface area contributed by atoms with Gasteiger partial charge in [0.15, 0.2) is 11.7 Å². The minimum atomic E-state index is -0.262. The average molecular weight is 294 g/mol. The van der Waals surface area contributed by atoms with Crippen LogP contribution in [0.4, 0.5) is 0 Å². The number of para-hydroxylation sites is 1. The third-order valence-corrected chi connectivity index (χ3v) is 2.79. The molecule has 0 saturated heterocycles. The predicted molar refractivity (Wildman–Crippen MR) is 85.0 cm³/mol. The first-order valence-electron chi connectivity index (χ1n) is 6.72. The molecule has 1 rings (SSSR count). The number of hydrogen-bond donors (Lipinski definition) is 2. The van der Waals surface area contributed by atoms with Gasteiger partial charge in [-0.3, -0.25) is 4.79 Å². The molecule has 5 heteroatoms. The van der Waals surface area contributed by atoms with Gasteiger partial charge in [-0.05, 0) is 43.6 Å². The Morgan fingerprint density at radius 3 is 2.50 bits per heavy atom. The largest absolute Gasteiger partial charge is 0.483 e. The van der Waals surface area contributed by atoms with Crippen molar-refractivity contribution in [2.75, 3.05) is 6.61 Å². The molecule has 110 valence electrons. The van der Waals surface area contributed by atoms with Gasteiger partial charge in [-0.2, -0.15) is 0 Å². The Bertz CT molecular complexity index is 473. The monoisotopic (exact) mass is 294 g/mol. The standard InChI is InChI=1S/C15H22N2O2S/c1-10(2)12-7-5-6-8-13(12)19-9-14(18)17-15(20)16-11(3)4/h5-8,10-11H,9H2,1-4H3,(H2,16,17,18,20). The second kappa shape index (κ2) is 7.85. The van der Waals surface area contributed by atoms with E-state index in [1.54, 1.807) is 0 Å². The lowest BCUT2D eigenvalue weighted by molar-refractivity contribution is -0.121. The van der Waals surface area contributed by atoms with Gasteiger partial charge < -0.3 is 15.4 Å². The van der Waals surface area contributed by atoms with Gasteiger partial charge in [0.05, 0.1) is 0 Å². The fraction of sp³-hybridized carbons (Fsp3) is 0.467. The van der Waals surface area contributed by atoms with Crippen LogP contribution in [0.1, 0.15) is 39.2 Å². The Morgan fingerprint density at radius 2 is 1.90 bits per heavy atom. The Morgan fingerprint density at radius 1 is 1.25 bits per heavy atom. The molecule has 0 radical (unpaired) electrons. The highest BCUT2D eigenvalue weighted by atomic mass is 32.1. The zero-order valence-electron chi connectivity index (χ0n) is 12.4. The van der Waals surface area contributed by atoms with E-state index in [2.05, 4.69) is 24.5 Å². The molecule has 0 aromatic heterocycles. The molecule has 0 aliphatic heterocycles. The van der Waals surface area contributed by atoms with E-state index in [0.717, 1.165) is 11.3 Å². The number of benzene rings is 1. The van der Waals surface area contributed by atoms with E-state index in [0.29, 0.717) is 11.0 Å². The second-order valence-electron chi connectivity index (χ2n) is 5.16. The first kappa shape index (κ1) is 16.4. The van der Waals surface area contributed by atoms with Crippen LogP contribution in [0.5, 0.6) is 5.75 Å². The maximum atomic E-state index is 11.7. The number of amides is 1. The van der Waals surface area contributed by atoms with E-state index < -0.39 is 0 Å². The molecule has 1 amide bonds. The summed E-state index contributed by atoms with van der Waals surface area (Å²) in [5.74, 6) is 0.819. The van der Waals surface area contributed by atoms with Crippen molar-refractivity contribution in [1.82, 2.24) is 10.6 Å². The number of carbonyl (C=O) groups is 1. The fourth-order valence-electron chi connectivity index (χ4n) is 1.69. The van der Waals surface area contributed by atoms with Gasteiger partial charge in [0.2, 0.25) is 0 Å². The van der Waals surface area contributed by atoms with E-state index in [1.807, 2.05) is 38.1 Å². The summed E-state index contributed by atoms with van der Waals surface area (Å²) in [5.41, 5.74) is 1.09. The van der Waals surface area contributed by atoms with Crippen LogP contribution < -0.4 is 15.4 Å². The highest BCUT2D eigenvalue weighted by molar-refractivity contribution is 7.80. The molecule has 1 aromatic carbocycles. The summed E-state index contributed by atoms with van der Waals surface area (Å²) in [5, 5.41) is 5.86. The van der Waals surface area contributed by atoms with Gasteiger partial charge >= 0.3 is 0 Å². The van der Waals surface area contributed by atoms with Crippen LogP contribution in [0.3, 0.4) is 0 Å². The Labute approximate surface area is 125 Å². The Hall–Kier alpha value is -1.62. The van der Waals surface area contributed by atoms with E-state index in [4.69, 9.17) is 17.0 Å². The Balaban J connectivity index is 2.51. The minimum absolute atomic E-state index is 0.0519. The van der Waals surface area contributed by atoms with Crippen molar-refractivity contribution in [3.8, 4) is 5.75 Å². The van der Waals surface area contributed by atoms with Crippen molar-refractivity contribution < 1.29 is 9.53 Å². The first-order valence-corrected chi connectivity index (χ1v) is 7.13. The fourth-order valence-corrected chi connectivity index (χ4v) is 2.04. The molecule has 0 spiro atoms. The van der Waals surface area contributed by atoms with E-state index in [1.165, 1.54) is 0 Å². The number of carbonyl (C=O) groups excluding carboxylic acids is 1. The van der Waals surface area contributed by atoms with E-state index >= 15 is 0 Å². The minimum Gasteiger partial charge on any atom is -0.483 e. The van der Waals surface area contributed by atoms with Crippen LogP contribution in [0, 0.1) is 0 Å². The molecule has 4 nitrogen and oxygen atoms in total. The highest BCUT2D eigenvalue weighted by Gasteiger charge is 2.10. The van der Waals surface area contributed by atoms with Crippen LogP contribution in [-0.4, -0.2) is 23.7 Å². The van der Waals surface area contributed by atoms with Crippen LogP contribution in [0.25, 0.3) is 0 Å². The summed E-state index contributed by atoms with van der Waals surface area (Å²) < 4.78 is 5.57. The molecule has 0 bridgehead atoms. The molecule has 2 N–H and O–H groups in total. The molecule has 0 aliphatic rings. The van der Waals surface area contributed by atoms with Gasteiger partial charge in [0.1, 0.15) is 5.75 Å². The molecule has 0 saturated carbocycles. The maximum Gasteiger partial charge on any atom is 0.264 e. The third-order valence-electron chi connectivity index (χ3n) is 2.57. The SMILES string of the molecule is CC(C)NC(=S)NC(=O)COc1ccccc1C(C)C. The molecule has 0 unspecified atom stereocenters. The van der Waals surface area contributed by atoms with Gasteiger partial charge in [-0.1, -0.05) is 32.0 Å². The smallest absolute Gasteiger partial charge is 0.264 e. The number of rotatable bonds is 5.